The summed E-state index contributed by atoms with van der Waals surface area (Å²) in [7, 11) is 2.00. The van der Waals surface area contributed by atoms with Gasteiger partial charge in [0.2, 0.25) is 0 Å². The van der Waals surface area contributed by atoms with Gasteiger partial charge in [0.25, 0.3) is 5.91 Å². The number of nitrogens with zero attached hydrogens (tertiary/aromatic N) is 2. The summed E-state index contributed by atoms with van der Waals surface area (Å²) in [4.78, 5) is 20.4. The van der Waals surface area contributed by atoms with Crippen molar-refractivity contribution < 1.29 is 4.79 Å². The van der Waals surface area contributed by atoms with Gasteiger partial charge in [-0.1, -0.05) is 30.3 Å². The number of nitrogens with one attached hydrogen (secondary N) is 1. The van der Waals surface area contributed by atoms with E-state index in [9.17, 15) is 4.79 Å². The van der Waals surface area contributed by atoms with Crippen LogP contribution in [0.1, 0.15) is 45.2 Å². The van der Waals surface area contributed by atoms with Crippen molar-refractivity contribution in [1.29, 1.82) is 0 Å². The lowest BCUT2D eigenvalue weighted by molar-refractivity contribution is 0.0691. The zero-order valence-electron chi connectivity index (χ0n) is 15.1. The molecule has 25 heavy (non-hydrogen) atoms. The highest BCUT2D eigenvalue weighted by atomic mass is 32.1. The van der Waals surface area contributed by atoms with Crippen LogP contribution in [0.5, 0.6) is 0 Å². The van der Waals surface area contributed by atoms with Crippen molar-refractivity contribution in [2.24, 2.45) is 5.92 Å². The fraction of sp³-hybridized carbons (Fsp3) is 0.500. The first-order chi connectivity index (χ1) is 12.2. The number of thiazole rings is 1. The van der Waals surface area contributed by atoms with Gasteiger partial charge in [-0.3, -0.25) is 4.79 Å². The molecule has 0 aliphatic carbocycles. The number of carbonyl (C=O) groups is 1. The number of hydrogen-bond donors (Lipinski definition) is 1. The summed E-state index contributed by atoms with van der Waals surface area (Å²) in [6.07, 6.45) is 4.23. The van der Waals surface area contributed by atoms with Crippen molar-refractivity contribution in [3.8, 4) is 0 Å². The number of piperidine rings is 1. The number of aromatic nitrogens is 1. The molecular formula is C20H27N3OS. The van der Waals surface area contributed by atoms with Crippen LogP contribution in [0.4, 0.5) is 0 Å². The summed E-state index contributed by atoms with van der Waals surface area (Å²) in [5.74, 6) is 0.911. The largest absolute Gasteiger partial charge is 0.338 e. The van der Waals surface area contributed by atoms with Gasteiger partial charge in [-0.05, 0) is 51.3 Å². The standard InChI is InChI=1S/C20H27N3OS/c1-15-19(25-18(22-15)14-17-6-4-3-5-7-17)20(24)23-12-9-16(10-13-23)8-11-21-2/h3-7,16,21H,8-14H2,1-2H3. The molecule has 1 fully saturated rings. The van der Waals surface area contributed by atoms with Crippen LogP contribution in [0.2, 0.25) is 0 Å². The molecule has 1 aliphatic rings. The lowest BCUT2D eigenvalue weighted by Crippen LogP contribution is -2.38. The molecule has 5 heteroatoms. The Bertz CT molecular complexity index is 690. The average molecular weight is 358 g/mol. The number of aryl methyl sites for hydroxylation is 1. The maximum Gasteiger partial charge on any atom is 0.265 e. The Morgan fingerprint density at radius 1 is 1.28 bits per heavy atom. The van der Waals surface area contributed by atoms with Crippen molar-refractivity contribution in [2.45, 2.75) is 32.6 Å². The molecule has 0 spiro atoms. The maximum atomic E-state index is 12.9. The SMILES string of the molecule is CNCCC1CCN(C(=O)c2sc(Cc3ccccc3)nc2C)CC1. The Morgan fingerprint density at radius 2 is 2.00 bits per heavy atom. The Kier molecular flexibility index (Phi) is 6.21. The molecule has 0 unspecified atom stereocenters. The molecule has 0 atom stereocenters. The van der Waals surface area contributed by atoms with E-state index in [0.29, 0.717) is 0 Å². The minimum atomic E-state index is 0.168. The molecule has 1 N–H and O–H groups in total. The van der Waals surface area contributed by atoms with Crippen LogP contribution in [0, 0.1) is 12.8 Å². The summed E-state index contributed by atoms with van der Waals surface area (Å²) in [6.45, 7) is 4.77. The monoisotopic (exact) mass is 357 g/mol. The van der Waals surface area contributed by atoms with Crippen molar-refractivity contribution in [2.75, 3.05) is 26.7 Å². The van der Waals surface area contributed by atoms with Gasteiger partial charge in [0.1, 0.15) is 4.88 Å². The van der Waals surface area contributed by atoms with Gasteiger partial charge in [0.15, 0.2) is 0 Å². The zero-order valence-corrected chi connectivity index (χ0v) is 15.9. The van der Waals surface area contributed by atoms with Gasteiger partial charge < -0.3 is 10.2 Å². The fourth-order valence-corrected chi connectivity index (χ4v) is 4.48. The molecule has 1 aromatic carbocycles. The van der Waals surface area contributed by atoms with Crippen molar-refractivity contribution >= 4 is 17.2 Å². The first-order valence-electron chi connectivity index (χ1n) is 9.11. The average Bonchev–Trinajstić information content (AvgIpc) is 3.01. The summed E-state index contributed by atoms with van der Waals surface area (Å²) in [5.41, 5.74) is 2.11. The topological polar surface area (TPSA) is 45.2 Å². The lowest BCUT2D eigenvalue weighted by atomic mass is 9.93. The van der Waals surface area contributed by atoms with E-state index in [-0.39, 0.29) is 5.91 Å². The Balaban J connectivity index is 1.61. The quantitative estimate of drug-likeness (QED) is 0.860. The van der Waals surface area contributed by atoms with Crippen LogP contribution in [0.15, 0.2) is 30.3 Å². The van der Waals surface area contributed by atoms with Crippen molar-refractivity contribution in [3.05, 3.63) is 51.5 Å². The Morgan fingerprint density at radius 3 is 2.68 bits per heavy atom. The van der Waals surface area contributed by atoms with E-state index in [4.69, 9.17) is 0 Å². The van der Waals surface area contributed by atoms with Gasteiger partial charge in [-0.15, -0.1) is 11.3 Å². The number of benzene rings is 1. The predicted octanol–water partition coefficient (Wildman–Crippen LogP) is 3.50. The van der Waals surface area contributed by atoms with Crippen molar-refractivity contribution in [1.82, 2.24) is 15.2 Å². The number of rotatable bonds is 6. The van der Waals surface area contributed by atoms with E-state index in [0.717, 1.165) is 60.4 Å². The summed E-state index contributed by atoms with van der Waals surface area (Å²) < 4.78 is 0. The third-order valence-corrected chi connectivity index (χ3v) is 6.08. The second kappa shape index (κ2) is 8.59. The predicted molar refractivity (Wildman–Crippen MR) is 103 cm³/mol. The molecule has 1 aliphatic heterocycles. The lowest BCUT2D eigenvalue weighted by Gasteiger charge is -2.31. The minimum Gasteiger partial charge on any atom is -0.338 e. The highest BCUT2D eigenvalue weighted by Crippen LogP contribution is 2.26. The second-order valence-electron chi connectivity index (χ2n) is 6.81. The van der Waals surface area contributed by atoms with Crippen LogP contribution in [0.25, 0.3) is 0 Å². The second-order valence-corrected chi connectivity index (χ2v) is 7.90. The zero-order chi connectivity index (χ0) is 17.6. The highest BCUT2D eigenvalue weighted by Gasteiger charge is 2.26. The molecule has 0 bridgehead atoms. The summed E-state index contributed by atoms with van der Waals surface area (Å²) in [6, 6.07) is 10.3. The molecule has 1 aromatic heterocycles. The molecule has 0 saturated carbocycles. The van der Waals surface area contributed by atoms with Crippen molar-refractivity contribution in [3.63, 3.8) is 0 Å². The highest BCUT2D eigenvalue weighted by molar-refractivity contribution is 7.13. The third-order valence-electron chi connectivity index (χ3n) is 4.94. The number of hydrogen-bond acceptors (Lipinski definition) is 4. The van der Waals surface area contributed by atoms with E-state index in [1.54, 1.807) is 11.3 Å². The Hall–Kier alpha value is -1.72. The molecule has 4 nitrogen and oxygen atoms in total. The molecular weight excluding hydrogens is 330 g/mol. The van der Waals surface area contributed by atoms with Gasteiger partial charge in [-0.25, -0.2) is 4.98 Å². The normalized spacial score (nSPS) is 15.5. The van der Waals surface area contributed by atoms with Crippen LogP contribution in [-0.2, 0) is 6.42 Å². The van der Waals surface area contributed by atoms with E-state index in [1.807, 2.05) is 37.1 Å². The minimum absolute atomic E-state index is 0.168. The number of likely N-dealkylation sites (tertiary alicyclic amines) is 1. The van der Waals surface area contributed by atoms with Crippen LogP contribution in [0.3, 0.4) is 0 Å². The van der Waals surface area contributed by atoms with E-state index < -0.39 is 0 Å². The van der Waals surface area contributed by atoms with Gasteiger partial charge >= 0.3 is 0 Å². The van der Waals surface area contributed by atoms with E-state index >= 15 is 0 Å². The Labute approximate surface area is 154 Å². The number of carbonyl (C=O) groups excluding carboxylic acids is 1. The van der Waals surface area contributed by atoms with E-state index in [1.165, 1.54) is 12.0 Å². The molecule has 2 aromatic rings. The van der Waals surface area contributed by atoms with Gasteiger partial charge in [0.05, 0.1) is 10.7 Å². The maximum absolute atomic E-state index is 12.9. The smallest absolute Gasteiger partial charge is 0.265 e. The first kappa shape index (κ1) is 18.1. The van der Waals surface area contributed by atoms with Crippen LogP contribution >= 0.6 is 11.3 Å². The molecule has 2 heterocycles. The molecule has 0 radical (unpaired) electrons. The van der Waals surface area contributed by atoms with Crippen LogP contribution < -0.4 is 5.32 Å². The summed E-state index contributed by atoms with van der Waals surface area (Å²) >= 11 is 1.56. The van der Waals surface area contributed by atoms with E-state index in [2.05, 4.69) is 22.4 Å². The first-order valence-corrected chi connectivity index (χ1v) is 9.93. The van der Waals surface area contributed by atoms with Gasteiger partial charge in [-0.2, -0.15) is 0 Å². The molecule has 134 valence electrons. The molecule has 1 amide bonds. The van der Waals surface area contributed by atoms with Gasteiger partial charge in [0, 0.05) is 19.5 Å². The number of amides is 1. The fourth-order valence-electron chi connectivity index (χ4n) is 3.41. The molecule has 3 rings (SSSR count). The summed E-state index contributed by atoms with van der Waals surface area (Å²) in [5, 5.41) is 4.24. The third kappa shape index (κ3) is 4.67. The van der Waals surface area contributed by atoms with Crippen LogP contribution in [-0.4, -0.2) is 42.5 Å². The molecule has 1 saturated heterocycles.